The third-order valence-corrected chi connectivity index (χ3v) is 4.92. The number of thiophene rings is 1. The number of hydrogen-bond donors (Lipinski definition) is 0. The quantitative estimate of drug-likeness (QED) is 0.292. The second kappa shape index (κ2) is 6.64. The smallest absolute Gasteiger partial charge is 0.269 e. The van der Waals surface area contributed by atoms with Gasteiger partial charge in [0, 0.05) is 23.1 Å². The summed E-state index contributed by atoms with van der Waals surface area (Å²) in [6, 6.07) is 9.50. The number of nitro groups is 1. The van der Waals surface area contributed by atoms with Crippen LogP contribution in [0.5, 0.6) is 0 Å². The van der Waals surface area contributed by atoms with Crippen LogP contribution in [0.3, 0.4) is 0 Å². The number of carbonyl (C=O) groups is 1. The van der Waals surface area contributed by atoms with Gasteiger partial charge in [0.05, 0.1) is 15.5 Å². The van der Waals surface area contributed by atoms with Crippen LogP contribution in [0.1, 0.15) is 16.1 Å². The van der Waals surface area contributed by atoms with Gasteiger partial charge in [-0.2, -0.15) is 0 Å². The molecule has 2 heterocycles. The first-order chi connectivity index (χ1) is 11.1. The van der Waals surface area contributed by atoms with E-state index in [1.165, 1.54) is 41.7 Å². The van der Waals surface area contributed by atoms with Crippen LogP contribution >= 0.6 is 22.7 Å². The van der Waals surface area contributed by atoms with Crippen molar-refractivity contribution in [2.45, 2.75) is 0 Å². The summed E-state index contributed by atoms with van der Waals surface area (Å²) in [6.45, 7) is 0. The SMILES string of the molecule is O=C(/C=C/c1csc(-c2cccs2)n1)c1ccc([N+](=O)[O-])cc1. The highest BCUT2D eigenvalue weighted by atomic mass is 32.1. The summed E-state index contributed by atoms with van der Waals surface area (Å²) in [4.78, 5) is 27.7. The fraction of sp³-hybridized carbons (Fsp3) is 0. The number of nitrogens with zero attached hydrogens (tertiary/aromatic N) is 2. The fourth-order valence-corrected chi connectivity index (χ4v) is 3.48. The minimum absolute atomic E-state index is 0.0365. The van der Waals surface area contributed by atoms with Gasteiger partial charge in [-0.05, 0) is 35.7 Å². The first-order valence-corrected chi connectivity index (χ1v) is 8.36. The predicted octanol–water partition coefficient (Wildman–Crippen LogP) is 4.68. The van der Waals surface area contributed by atoms with Crippen LogP contribution < -0.4 is 0 Å². The Kier molecular flexibility index (Phi) is 4.40. The molecule has 0 unspecified atom stereocenters. The molecule has 2 aromatic heterocycles. The standard InChI is InChI=1S/C16H10N2O3S2/c19-14(11-3-6-13(7-4-11)18(20)21)8-5-12-10-23-16(17-12)15-2-1-9-22-15/h1-10H/b8-5+. The molecule has 1 aromatic carbocycles. The van der Waals surface area contributed by atoms with E-state index in [0.29, 0.717) is 11.3 Å². The number of carbonyl (C=O) groups excluding carboxylic acids is 1. The second-order valence-corrected chi connectivity index (χ2v) is 6.36. The second-order valence-electron chi connectivity index (χ2n) is 4.56. The highest BCUT2D eigenvalue weighted by Crippen LogP contribution is 2.28. The molecular weight excluding hydrogens is 332 g/mol. The van der Waals surface area contributed by atoms with Gasteiger partial charge in [-0.25, -0.2) is 4.98 Å². The zero-order chi connectivity index (χ0) is 16.2. The maximum absolute atomic E-state index is 12.1. The van der Waals surface area contributed by atoms with E-state index in [4.69, 9.17) is 0 Å². The maximum Gasteiger partial charge on any atom is 0.269 e. The van der Waals surface area contributed by atoms with Crippen molar-refractivity contribution in [1.29, 1.82) is 0 Å². The summed E-state index contributed by atoms with van der Waals surface area (Å²) >= 11 is 3.14. The van der Waals surface area contributed by atoms with E-state index in [9.17, 15) is 14.9 Å². The van der Waals surface area contributed by atoms with Crippen molar-refractivity contribution >= 4 is 40.2 Å². The lowest BCUT2D eigenvalue weighted by molar-refractivity contribution is -0.384. The van der Waals surface area contributed by atoms with Crippen LogP contribution in [0, 0.1) is 10.1 Å². The molecule has 7 heteroatoms. The maximum atomic E-state index is 12.1. The molecule has 5 nitrogen and oxygen atoms in total. The predicted molar refractivity (Wildman–Crippen MR) is 91.9 cm³/mol. The number of non-ortho nitro benzene ring substituents is 1. The number of benzene rings is 1. The van der Waals surface area contributed by atoms with E-state index >= 15 is 0 Å². The van der Waals surface area contributed by atoms with Crippen LogP contribution in [-0.4, -0.2) is 15.7 Å². The molecule has 114 valence electrons. The molecule has 0 aliphatic carbocycles. The zero-order valence-corrected chi connectivity index (χ0v) is 13.3. The molecule has 23 heavy (non-hydrogen) atoms. The Hall–Kier alpha value is -2.64. The largest absolute Gasteiger partial charge is 0.289 e. The Labute approximate surface area is 139 Å². The number of hydrogen-bond acceptors (Lipinski definition) is 6. The van der Waals surface area contributed by atoms with E-state index in [2.05, 4.69) is 4.98 Å². The van der Waals surface area contributed by atoms with E-state index in [1.54, 1.807) is 17.4 Å². The summed E-state index contributed by atoms with van der Waals surface area (Å²) < 4.78 is 0. The van der Waals surface area contributed by atoms with Crippen LogP contribution in [0.2, 0.25) is 0 Å². The molecule has 0 aliphatic heterocycles. The first-order valence-electron chi connectivity index (χ1n) is 6.60. The lowest BCUT2D eigenvalue weighted by atomic mass is 10.1. The molecule has 0 atom stereocenters. The molecule has 0 N–H and O–H groups in total. The highest BCUT2D eigenvalue weighted by molar-refractivity contribution is 7.20. The van der Waals surface area contributed by atoms with Gasteiger partial charge in [-0.1, -0.05) is 6.07 Å². The van der Waals surface area contributed by atoms with E-state index in [-0.39, 0.29) is 11.5 Å². The van der Waals surface area contributed by atoms with Gasteiger partial charge < -0.3 is 0 Å². The summed E-state index contributed by atoms with van der Waals surface area (Å²) in [5, 5.41) is 15.4. The zero-order valence-electron chi connectivity index (χ0n) is 11.7. The number of rotatable bonds is 5. The number of ketones is 1. The van der Waals surface area contributed by atoms with Crippen molar-refractivity contribution in [3.05, 3.63) is 74.6 Å². The van der Waals surface area contributed by atoms with Gasteiger partial charge in [-0.3, -0.25) is 14.9 Å². The lowest BCUT2D eigenvalue weighted by Crippen LogP contribution is -1.95. The van der Waals surface area contributed by atoms with Gasteiger partial charge in [0.2, 0.25) is 0 Å². The van der Waals surface area contributed by atoms with Crippen molar-refractivity contribution in [1.82, 2.24) is 4.98 Å². The molecule has 0 amide bonds. The van der Waals surface area contributed by atoms with Crippen molar-refractivity contribution in [2.75, 3.05) is 0 Å². The Morgan fingerprint density at radius 1 is 1.17 bits per heavy atom. The minimum Gasteiger partial charge on any atom is -0.289 e. The number of nitro benzene ring substituents is 1. The average Bonchev–Trinajstić information content (AvgIpc) is 3.23. The summed E-state index contributed by atoms with van der Waals surface area (Å²) in [5.74, 6) is -0.217. The molecule has 0 fully saturated rings. The molecule has 3 aromatic rings. The molecule has 0 spiro atoms. The van der Waals surface area contributed by atoms with Gasteiger partial charge in [0.15, 0.2) is 5.78 Å². The highest BCUT2D eigenvalue weighted by Gasteiger charge is 2.08. The molecule has 3 rings (SSSR count). The number of thiazole rings is 1. The Morgan fingerprint density at radius 3 is 2.61 bits per heavy atom. The van der Waals surface area contributed by atoms with Crippen molar-refractivity contribution in [2.24, 2.45) is 0 Å². The van der Waals surface area contributed by atoms with E-state index < -0.39 is 4.92 Å². The van der Waals surface area contributed by atoms with E-state index in [1.807, 2.05) is 22.9 Å². The summed E-state index contributed by atoms with van der Waals surface area (Å²) in [7, 11) is 0. The first kappa shape index (κ1) is 15.3. The van der Waals surface area contributed by atoms with Gasteiger partial charge >= 0.3 is 0 Å². The van der Waals surface area contributed by atoms with Gasteiger partial charge in [0.25, 0.3) is 5.69 Å². The normalized spacial score (nSPS) is 11.0. The molecule has 0 saturated carbocycles. The van der Waals surface area contributed by atoms with Crippen LogP contribution in [0.15, 0.2) is 53.2 Å². The third-order valence-electron chi connectivity index (χ3n) is 3.02. The van der Waals surface area contributed by atoms with Crippen LogP contribution in [0.25, 0.3) is 16.0 Å². The van der Waals surface area contributed by atoms with Crippen LogP contribution in [0.4, 0.5) is 5.69 Å². The van der Waals surface area contributed by atoms with Gasteiger partial charge in [-0.15, -0.1) is 22.7 Å². The van der Waals surface area contributed by atoms with Crippen LogP contribution in [-0.2, 0) is 0 Å². The fourth-order valence-electron chi connectivity index (χ4n) is 1.88. The average molecular weight is 342 g/mol. The van der Waals surface area contributed by atoms with Crippen molar-refractivity contribution in [3.63, 3.8) is 0 Å². The molecule has 0 bridgehead atoms. The Balaban J connectivity index is 1.72. The number of allylic oxidation sites excluding steroid dienone is 1. The van der Waals surface area contributed by atoms with Crippen molar-refractivity contribution < 1.29 is 9.72 Å². The molecule has 0 aliphatic rings. The summed E-state index contributed by atoms with van der Waals surface area (Å²) in [5.41, 5.74) is 1.08. The van der Waals surface area contributed by atoms with E-state index in [0.717, 1.165) is 9.88 Å². The van der Waals surface area contributed by atoms with Crippen molar-refractivity contribution in [3.8, 4) is 9.88 Å². The molecular formula is C16H10N2O3S2. The monoisotopic (exact) mass is 342 g/mol. The minimum atomic E-state index is -0.495. The summed E-state index contributed by atoms with van der Waals surface area (Å²) in [6.07, 6.45) is 3.08. The Morgan fingerprint density at radius 2 is 1.96 bits per heavy atom. The Bertz CT molecular complexity index is 865. The third kappa shape index (κ3) is 3.58. The molecule has 0 radical (unpaired) electrons. The number of aromatic nitrogens is 1. The molecule has 0 saturated heterocycles. The van der Waals surface area contributed by atoms with Gasteiger partial charge in [0.1, 0.15) is 5.01 Å². The lowest BCUT2D eigenvalue weighted by Gasteiger charge is -1.95. The topological polar surface area (TPSA) is 73.1 Å².